The van der Waals surface area contributed by atoms with Gasteiger partial charge in [-0.25, -0.2) is 14.7 Å². The van der Waals surface area contributed by atoms with Gasteiger partial charge in [-0.2, -0.15) is 5.10 Å². The second kappa shape index (κ2) is 4.97. The van der Waals surface area contributed by atoms with Crippen molar-refractivity contribution in [3.63, 3.8) is 0 Å². The zero-order valence-electron chi connectivity index (χ0n) is 11.8. The summed E-state index contributed by atoms with van der Waals surface area (Å²) in [5.74, 6) is -0.216. The predicted octanol–water partition coefficient (Wildman–Crippen LogP) is 1.95. The molecule has 0 unspecified atom stereocenters. The lowest BCUT2D eigenvalue weighted by molar-refractivity contribution is -0.0757. The summed E-state index contributed by atoms with van der Waals surface area (Å²) in [4.78, 5) is 21.5. The van der Waals surface area contributed by atoms with Crippen LogP contribution in [-0.4, -0.2) is 39.9 Å². The quantitative estimate of drug-likeness (QED) is 0.793. The summed E-state index contributed by atoms with van der Waals surface area (Å²) in [6.07, 6.45) is 1.73. The van der Waals surface area contributed by atoms with Gasteiger partial charge in [0.1, 0.15) is 0 Å². The van der Waals surface area contributed by atoms with E-state index >= 15 is 0 Å². The van der Waals surface area contributed by atoms with Gasteiger partial charge in [0.15, 0.2) is 5.65 Å². The van der Waals surface area contributed by atoms with Crippen LogP contribution in [-0.2, 0) is 4.84 Å². The topological polar surface area (TPSA) is 60.2 Å². The van der Waals surface area contributed by atoms with Crippen LogP contribution in [0.3, 0.4) is 0 Å². The van der Waals surface area contributed by atoms with Crippen LogP contribution in [0.1, 0.15) is 35.9 Å². The average Bonchev–Trinajstić information content (AvgIpc) is 2.78. The lowest BCUT2D eigenvalue weighted by Crippen LogP contribution is -2.26. The Labute approximate surface area is 111 Å². The fourth-order valence-electron chi connectivity index (χ4n) is 1.91. The Hall–Kier alpha value is -1.95. The highest BCUT2D eigenvalue weighted by Crippen LogP contribution is 2.20. The average molecular weight is 262 g/mol. The van der Waals surface area contributed by atoms with E-state index in [0.717, 1.165) is 11.0 Å². The van der Waals surface area contributed by atoms with Crippen LogP contribution < -0.4 is 0 Å². The molecule has 2 heterocycles. The van der Waals surface area contributed by atoms with Gasteiger partial charge in [0.25, 0.3) is 5.91 Å². The second-order valence-electron chi connectivity index (χ2n) is 4.70. The number of aryl methyl sites for hydroxylation is 1. The first kappa shape index (κ1) is 13.5. The molecular formula is C13H18N4O2. The first-order valence-corrected chi connectivity index (χ1v) is 6.12. The molecule has 0 atom stereocenters. The second-order valence-corrected chi connectivity index (χ2v) is 4.70. The third kappa shape index (κ3) is 2.31. The van der Waals surface area contributed by atoms with Crippen molar-refractivity contribution in [1.82, 2.24) is 19.8 Å². The number of nitrogens with zero attached hydrogens (tertiary/aromatic N) is 4. The summed E-state index contributed by atoms with van der Waals surface area (Å²) in [5.41, 5.74) is 1.99. The maximum absolute atomic E-state index is 12.1. The number of carbonyl (C=O) groups excluding carboxylic acids is 1. The molecule has 2 aromatic rings. The number of amides is 1. The minimum absolute atomic E-state index is 0.216. The molecule has 0 aliphatic rings. The molecule has 6 nitrogen and oxygen atoms in total. The van der Waals surface area contributed by atoms with Crippen molar-refractivity contribution in [2.45, 2.75) is 26.8 Å². The summed E-state index contributed by atoms with van der Waals surface area (Å²) >= 11 is 0. The Kier molecular flexibility index (Phi) is 3.53. The molecule has 0 aliphatic heterocycles. The van der Waals surface area contributed by atoms with Gasteiger partial charge in [0.05, 0.1) is 24.6 Å². The van der Waals surface area contributed by atoms with Crippen molar-refractivity contribution >= 4 is 16.9 Å². The van der Waals surface area contributed by atoms with Crippen LogP contribution >= 0.6 is 0 Å². The fourth-order valence-corrected chi connectivity index (χ4v) is 1.91. The summed E-state index contributed by atoms with van der Waals surface area (Å²) in [6, 6.07) is 2.04. The van der Waals surface area contributed by atoms with Gasteiger partial charge < -0.3 is 0 Å². The molecule has 19 heavy (non-hydrogen) atoms. The van der Waals surface area contributed by atoms with E-state index in [0.29, 0.717) is 11.3 Å². The van der Waals surface area contributed by atoms with Crippen LogP contribution in [0.15, 0.2) is 12.3 Å². The summed E-state index contributed by atoms with van der Waals surface area (Å²) in [5, 5.41) is 6.34. The highest BCUT2D eigenvalue weighted by atomic mass is 16.7. The maximum Gasteiger partial charge on any atom is 0.279 e. The molecule has 2 aromatic heterocycles. The number of aromatic nitrogens is 3. The minimum Gasteiger partial charge on any atom is -0.274 e. The highest BCUT2D eigenvalue weighted by molar-refractivity contribution is 5.97. The number of hydroxylamine groups is 2. The van der Waals surface area contributed by atoms with Crippen LogP contribution in [0.4, 0.5) is 0 Å². The van der Waals surface area contributed by atoms with Crippen LogP contribution in [0.2, 0.25) is 0 Å². The predicted molar refractivity (Wildman–Crippen MR) is 71.8 cm³/mol. The van der Waals surface area contributed by atoms with Crippen molar-refractivity contribution < 1.29 is 9.63 Å². The van der Waals surface area contributed by atoms with E-state index in [1.165, 1.54) is 12.2 Å². The number of hydrogen-bond donors (Lipinski definition) is 0. The van der Waals surface area contributed by atoms with Crippen molar-refractivity contribution in [3.05, 3.63) is 23.5 Å². The SMILES string of the molecule is CON(C)C(=O)c1cc2cnn(C(C)C)c2nc1C. The molecule has 6 heteroatoms. The van der Waals surface area contributed by atoms with Crippen LogP contribution in [0.5, 0.6) is 0 Å². The Bertz CT molecular complexity index is 618. The molecule has 0 fully saturated rings. The largest absolute Gasteiger partial charge is 0.279 e. The lowest BCUT2D eigenvalue weighted by Gasteiger charge is -2.15. The van der Waals surface area contributed by atoms with Gasteiger partial charge in [0, 0.05) is 18.5 Å². The van der Waals surface area contributed by atoms with E-state index in [9.17, 15) is 4.79 Å². The van der Waals surface area contributed by atoms with Crippen LogP contribution in [0.25, 0.3) is 11.0 Å². The van der Waals surface area contributed by atoms with Gasteiger partial charge in [0.2, 0.25) is 0 Å². The van der Waals surface area contributed by atoms with Gasteiger partial charge >= 0.3 is 0 Å². The van der Waals surface area contributed by atoms with Crippen molar-refractivity contribution in [2.24, 2.45) is 0 Å². The van der Waals surface area contributed by atoms with E-state index < -0.39 is 0 Å². The van der Waals surface area contributed by atoms with E-state index in [1.54, 1.807) is 19.3 Å². The summed E-state index contributed by atoms with van der Waals surface area (Å²) in [7, 11) is 3.03. The minimum atomic E-state index is -0.216. The van der Waals surface area contributed by atoms with E-state index in [1.807, 2.05) is 25.5 Å². The molecule has 0 aromatic carbocycles. The molecule has 0 aliphatic carbocycles. The standard InChI is InChI=1S/C13H18N4O2/c1-8(2)17-12-10(7-14-17)6-11(9(3)15-12)13(18)16(4)19-5/h6-8H,1-5H3. The molecule has 0 N–H and O–H groups in total. The zero-order chi connectivity index (χ0) is 14.2. The number of carbonyl (C=O) groups is 1. The zero-order valence-corrected chi connectivity index (χ0v) is 11.8. The molecule has 102 valence electrons. The van der Waals surface area contributed by atoms with Crippen molar-refractivity contribution in [1.29, 1.82) is 0 Å². The highest BCUT2D eigenvalue weighted by Gasteiger charge is 2.18. The van der Waals surface area contributed by atoms with E-state index in [4.69, 9.17) is 4.84 Å². The normalized spacial score (nSPS) is 11.3. The Morgan fingerprint density at radius 3 is 2.74 bits per heavy atom. The van der Waals surface area contributed by atoms with E-state index in [-0.39, 0.29) is 11.9 Å². The fraction of sp³-hybridized carbons (Fsp3) is 0.462. The number of pyridine rings is 1. The Balaban J connectivity index is 2.55. The van der Waals surface area contributed by atoms with Crippen molar-refractivity contribution in [3.8, 4) is 0 Å². The molecule has 0 bridgehead atoms. The van der Waals surface area contributed by atoms with Crippen molar-refractivity contribution in [2.75, 3.05) is 14.2 Å². The maximum atomic E-state index is 12.1. The van der Waals surface area contributed by atoms with Crippen LogP contribution in [0, 0.1) is 6.92 Å². The monoisotopic (exact) mass is 262 g/mol. The van der Waals surface area contributed by atoms with Gasteiger partial charge in [-0.3, -0.25) is 9.63 Å². The van der Waals surface area contributed by atoms with Gasteiger partial charge in [-0.05, 0) is 26.8 Å². The Morgan fingerprint density at radius 1 is 1.47 bits per heavy atom. The Morgan fingerprint density at radius 2 is 2.16 bits per heavy atom. The molecule has 2 rings (SSSR count). The molecule has 0 radical (unpaired) electrons. The molecule has 0 saturated heterocycles. The first-order chi connectivity index (χ1) is 8.95. The van der Waals surface area contributed by atoms with Gasteiger partial charge in [-0.15, -0.1) is 0 Å². The first-order valence-electron chi connectivity index (χ1n) is 6.12. The lowest BCUT2D eigenvalue weighted by atomic mass is 10.1. The number of fused-ring (bicyclic) bond motifs is 1. The van der Waals surface area contributed by atoms with E-state index in [2.05, 4.69) is 10.1 Å². The third-order valence-electron chi connectivity index (χ3n) is 3.04. The third-order valence-corrected chi connectivity index (χ3v) is 3.04. The summed E-state index contributed by atoms with van der Waals surface area (Å²) < 4.78 is 1.84. The molecule has 0 spiro atoms. The molecular weight excluding hydrogens is 244 g/mol. The van der Waals surface area contributed by atoms with Gasteiger partial charge in [-0.1, -0.05) is 0 Å². The molecule has 0 saturated carbocycles. The summed E-state index contributed by atoms with van der Waals surface area (Å²) in [6.45, 7) is 5.90. The number of hydrogen-bond acceptors (Lipinski definition) is 4. The molecule has 1 amide bonds. The number of rotatable bonds is 3. The smallest absolute Gasteiger partial charge is 0.274 e.